The van der Waals surface area contributed by atoms with Gasteiger partial charge in [-0.2, -0.15) is 5.10 Å². The molecule has 2 rings (SSSR count). The standard InChI is InChI=1S/C10H11N3O/c1-7-9(3-2-4-11-7)10(14)8-5-12-13-6-8/h2-6,10,14H,1H3,(H,12,13). The fraction of sp³-hybridized carbons (Fsp3) is 0.200. The lowest BCUT2D eigenvalue weighted by atomic mass is 10.0. The summed E-state index contributed by atoms with van der Waals surface area (Å²) < 4.78 is 0. The van der Waals surface area contributed by atoms with Crippen molar-refractivity contribution in [3.05, 3.63) is 47.5 Å². The van der Waals surface area contributed by atoms with Gasteiger partial charge in [0, 0.05) is 29.2 Å². The highest BCUT2D eigenvalue weighted by Crippen LogP contribution is 2.21. The third-order valence-corrected chi connectivity index (χ3v) is 2.18. The molecule has 2 heterocycles. The first-order valence-corrected chi connectivity index (χ1v) is 4.37. The number of nitrogens with one attached hydrogen (secondary N) is 1. The molecule has 2 aromatic heterocycles. The van der Waals surface area contributed by atoms with E-state index in [0.717, 1.165) is 16.8 Å². The zero-order chi connectivity index (χ0) is 9.97. The van der Waals surface area contributed by atoms with Crippen molar-refractivity contribution in [3.8, 4) is 0 Å². The third kappa shape index (κ3) is 1.52. The number of H-pyrrole nitrogens is 1. The fourth-order valence-electron chi connectivity index (χ4n) is 1.38. The number of aliphatic hydroxyl groups excluding tert-OH is 1. The van der Waals surface area contributed by atoms with Gasteiger partial charge >= 0.3 is 0 Å². The molecule has 0 aliphatic heterocycles. The molecule has 0 aromatic carbocycles. The van der Waals surface area contributed by atoms with Crippen LogP contribution >= 0.6 is 0 Å². The minimum absolute atomic E-state index is 0.651. The minimum Gasteiger partial charge on any atom is -0.383 e. The second kappa shape index (κ2) is 3.59. The Balaban J connectivity index is 2.37. The van der Waals surface area contributed by atoms with Gasteiger partial charge in [0.2, 0.25) is 0 Å². The van der Waals surface area contributed by atoms with E-state index in [9.17, 15) is 5.11 Å². The molecule has 0 saturated heterocycles. The van der Waals surface area contributed by atoms with Crippen molar-refractivity contribution in [2.24, 2.45) is 0 Å². The quantitative estimate of drug-likeness (QED) is 0.746. The molecular formula is C10H11N3O. The van der Waals surface area contributed by atoms with E-state index in [2.05, 4.69) is 15.2 Å². The van der Waals surface area contributed by atoms with Gasteiger partial charge in [0.25, 0.3) is 0 Å². The summed E-state index contributed by atoms with van der Waals surface area (Å²) in [4.78, 5) is 4.12. The highest BCUT2D eigenvalue weighted by molar-refractivity contribution is 5.28. The molecule has 4 nitrogen and oxygen atoms in total. The van der Waals surface area contributed by atoms with E-state index in [1.165, 1.54) is 0 Å². The summed E-state index contributed by atoms with van der Waals surface area (Å²) in [6.07, 6.45) is 4.34. The molecule has 0 bridgehead atoms. The van der Waals surface area contributed by atoms with Crippen molar-refractivity contribution in [2.45, 2.75) is 13.0 Å². The normalized spacial score (nSPS) is 12.7. The Morgan fingerprint density at radius 2 is 2.36 bits per heavy atom. The van der Waals surface area contributed by atoms with Crippen LogP contribution in [0.5, 0.6) is 0 Å². The van der Waals surface area contributed by atoms with E-state index < -0.39 is 6.10 Å². The maximum atomic E-state index is 9.96. The number of pyridine rings is 1. The summed E-state index contributed by atoms with van der Waals surface area (Å²) in [6, 6.07) is 3.67. The van der Waals surface area contributed by atoms with Crippen molar-refractivity contribution in [1.82, 2.24) is 15.2 Å². The molecule has 0 saturated carbocycles. The average Bonchev–Trinajstić information content (AvgIpc) is 2.70. The van der Waals surface area contributed by atoms with Crippen LogP contribution < -0.4 is 0 Å². The second-order valence-electron chi connectivity index (χ2n) is 3.11. The highest BCUT2D eigenvalue weighted by Gasteiger charge is 2.13. The first-order chi connectivity index (χ1) is 6.79. The van der Waals surface area contributed by atoms with Crippen LogP contribution in [0.3, 0.4) is 0 Å². The molecule has 0 radical (unpaired) electrons. The zero-order valence-electron chi connectivity index (χ0n) is 7.81. The van der Waals surface area contributed by atoms with Crippen LogP contribution in [0.15, 0.2) is 30.7 Å². The van der Waals surface area contributed by atoms with Gasteiger partial charge in [-0.3, -0.25) is 10.1 Å². The number of aryl methyl sites for hydroxylation is 1. The molecule has 1 atom stereocenters. The third-order valence-electron chi connectivity index (χ3n) is 2.18. The Morgan fingerprint density at radius 1 is 1.50 bits per heavy atom. The second-order valence-corrected chi connectivity index (χ2v) is 3.11. The molecule has 0 fully saturated rings. The Morgan fingerprint density at radius 3 is 3.00 bits per heavy atom. The number of rotatable bonds is 2. The molecule has 0 aliphatic carbocycles. The van der Waals surface area contributed by atoms with Gasteiger partial charge in [0.05, 0.1) is 6.20 Å². The minimum atomic E-state index is -0.651. The first kappa shape index (κ1) is 8.90. The molecule has 72 valence electrons. The van der Waals surface area contributed by atoms with E-state index in [1.54, 1.807) is 18.6 Å². The molecule has 2 aromatic rings. The summed E-state index contributed by atoms with van der Waals surface area (Å²) in [5, 5.41) is 16.4. The van der Waals surface area contributed by atoms with Crippen LogP contribution in [-0.2, 0) is 0 Å². The first-order valence-electron chi connectivity index (χ1n) is 4.37. The van der Waals surface area contributed by atoms with Crippen molar-refractivity contribution in [1.29, 1.82) is 0 Å². The van der Waals surface area contributed by atoms with Gasteiger partial charge in [-0.05, 0) is 13.0 Å². The summed E-state index contributed by atoms with van der Waals surface area (Å²) in [5.41, 5.74) is 2.40. The molecule has 4 heteroatoms. The number of hydrogen-bond donors (Lipinski definition) is 2. The molecule has 0 amide bonds. The van der Waals surface area contributed by atoms with Crippen LogP contribution in [0.2, 0.25) is 0 Å². The largest absolute Gasteiger partial charge is 0.383 e. The number of aliphatic hydroxyl groups is 1. The maximum absolute atomic E-state index is 9.96. The lowest BCUT2D eigenvalue weighted by Gasteiger charge is -2.10. The van der Waals surface area contributed by atoms with Crippen LogP contribution in [0.1, 0.15) is 22.9 Å². The Kier molecular flexibility index (Phi) is 2.28. The molecule has 14 heavy (non-hydrogen) atoms. The van der Waals surface area contributed by atoms with Crippen LogP contribution in [0.4, 0.5) is 0 Å². The maximum Gasteiger partial charge on any atom is 0.109 e. The smallest absolute Gasteiger partial charge is 0.109 e. The highest BCUT2D eigenvalue weighted by atomic mass is 16.3. The lowest BCUT2D eigenvalue weighted by Crippen LogP contribution is -2.01. The van der Waals surface area contributed by atoms with E-state index in [0.29, 0.717) is 0 Å². The number of aromatic amines is 1. The van der Waals surface area contributed by atoms with Gasteiger partial charge in [-0.1, -0.05) is 6.07 Å². The number of hydrogen-bond acceptors (Lipinski definition) is 3. The van der Waals surface area contributed by atoms with Crippen LogP contribution in [0.25, 0.3) is 0 Å². The molecular weight excluding hydrogens is 178 g/mol. The fourth-order valence-corrected chi connectivity index (χ4v) is 1.38. The molecule has 2 N–H and O–H groups in total. The van der Waals surface area contributed by atoms with Gasteiger partial charge in [0.1, 0.15) is 6.10 Å². The molecule has 0 spiro atoms. The summed E-state index contributed by atoms with van der Waals surface area (Å²) in [7, 11) is 0. The van der Waals surface area contributed by atoms with E-state index in [-0.39, 0.29) is 0 Å². The Bertz CT molecular complexity index is 411. The Labute approximate surface area is 81.6 Å². The van der Waals surface area contributed by atoms with Crippen molar-refractivity contribution >= 4 is 0 Å². The average molecular weight is 189 g/mol. The van der Waals surface area contributed by atoms with E-state index in [1.807, 2.05) is 19.1 Å². The van der Waals surface area contributed by atoms with Gasteiger partial charge in [-0.15, -0.1) is 0 Å². The summed E-state index contributed by atoms with van der Waals surface area (Å²) in [6.45, 7) is 1.87. The van der Waals surface area contributed by atoms with Gasteiger partial charge in [-0.25, -0.2) is 0 Å². The van der Waals surface area contributed by atoms with Crippen molar-refractivity contribution in [3.63, 3.8) is 0 Å². The topological polar surface area (TPSA) is 61.8 Å². The van der Waals surface area contributed by atoms with Gasteiger partial charge in [0.15, 0.2) is 0 Å². The van der Waals surface area contributed by atoms with Crippen LogP contribution in [-0.4, -0.2) is 20.3 Å². The predicted octanol–water partition coefficient (Wildman–Crippen LogP) is 1.19. The lowest BCUT2D eigenvalue weighted by molar-refractivity contribution is 0.219. The zero-order valence-corrected chi connectivity index (χ0v) is 7.81. The summed E-state index contributed by atoms with van der Waals surface area (Å²) >= 11 is 0. The number of nitrogens with zero attached hydrogens (tertiary/aromatic N) is 2. The molecule has 0 aliphatic rings. The predicted molar refractivity (Wildman–Crippen MR) is 51.6 cm³/mol. The van der Waals surface area contributed by atoms with Gasteiger partial charge < -0.3 is 5.11 Å². The number of aromatic nitrogens is 3. The van der Waals surface area contributed by atoms with Crippen molar-refractivity contribution < 1.29 is 5.11 Å². The monoisotopic (exact) mass is 189 g/mol. The SMILES string of the molecule is Cc1ncccc1C(O)c1cn[nH]c1. The van der Waals surface area contributed by atoms with Crippen LogP contribution in [0, 0.1) is 6.92 Å². The summed E-state index contributed by atoms with van der Waals surface area (Å²) in [5.74, 6) is 0. The molecule has 1 unspecified atom stereocenters. The van der Waals surface area contributed by atoms with E-state index in [4.69, 9.17) is 0 Å². The van der Waals surface area contributed by atoms with E-state index >= 15 is 0 Å². The van der Waals surface area contributed by atoms with Crippen molar-refractivity contribution in [2.75, 3.05) is 0 Å². The Hall–Kier alpha value is -1.68.